The molecular formula is C13H18N2O3. The van der Waals surface area contributed by atoms with Gasteiger partial charge in [0.1, 0.15) is 0 Å². The Balaban J connectivity index is 2.04. The SMILES string of the molecule is COc1ccc(CNC2CCCC2)cc1[N+](=O)[O-]. The van der Waals surface area contributed by atoms with E-state index in [4.69, 9.17) is 4.74 Å². The molecule has 5 heteroatoms. The topological polar surface area (TPSA) is 64.4 Å². The minimum atomic E-state index is -0.405. The van der Waals surface area contributed by atoms with Crippen LogP contribution in [0.1, 0.15) is 31.2 Å². The number of methoxy groups -OCH3 is 1. The van der Waals surface area contributed by atoms with Crippen molar-refractivity contribution in [1.29, 1.82) is 0 Å². The number of nitrogens with zero attached hydrogens (tertiary/aromatic N) is 1. The zero-order valence-electron chi connectivity index (χ0n) is 10.5. The molecule has 0 heterocycles. The third kappa shape index (κ3) is 2.98. The van der Waals surface area contributed by atoms with Crippen molar-refractivity contribution in [3.8, 4) is 5.75 Å². The summed E-state index contributed by atoms with van der Waals surface area (Å²) in [5.41, 5.74) is 0.956. The average molecular weight is 250 g/mol. The van der Waals surface area contributed by atoms with Crippen LogP contribution in [0.2, 0.25) is 0 Å². The molecule has 1 N–H and O–H groups in total. The summed E-state index contributed by atoms with van der Waals surface area (Å²) in [6.45, 7) is 0.676. The van der Waals surface area contributed by atoms with E-state index in [9.17, 15) is 10.1 Å². The first-order valence-corrected chi connectivity index (χ1v) is 6.25. The maximum absolute atomic E-state index is 10.9. The number of benzene rings is 1. The zero-order chi connectivity index (χ0) is 13.0. The largest absolute Gasteiger partial charge is 0.490 e. The van der Waals surface area contributed by atoms with Crippen molar-refractivity contribution < 1.29 is 9.66 Å². The summed E-state index contributed by atoms with van der Waals surface area (Å²) >= 11 is 0. The van der Waals surface area contributed by atoms with Crippen molar-refractivity contribution >= 4 is 5.69 Å². The summed E-state index contributed by atoms with van der Waals surface area (Å²) in [7, 11) is 1.44. The zero-order valence-corrected chi connectivity index (χ0v) is 10.5. The van der Waals surface area contributed by atoms with E-state index < -0.39 is 4.92 Å². The van der Waals surface area contributed by atoms with Gasteiger partial charge in [0.2, 0.25) is 0 Å². The van der Waals surface area contributed by atoms with E-state index >= 15 is 0 Å². The van der Waals surface area contributed by atoms with Gasteiger partial charge in [-0.25, -0.2) is 0 Å². The number of nitro groups is 1. The number of nitro benzene ring substituents is 1. The van der Waals surface area contributed by atoms with Crippen molar-refractivity contribution in [3.05, 3.63) is 33.9 Å². The molecule has 0 amide bonds. The van der Waals surface area contributed by atoms with Gasteiger partial charge in [-0.15, -0.1) is 0 Å². The second kappa shape index (κ2) is 5.82. The van der Waals surface area contributed by atoms with Crippen LogP contribution in [0.25, 0.3) is 0 Å². The number of rotatable bonds is 5. The van der Waals surface area contributed by atoms with Gasteiger partial charge in [0.15, 0.2) is 5.75 Å². The van der Waals surface area contributed by atoms with Crippen LogP contribution in [0, 0.1) is 10.1 Å². The second-order valence-corrected chi connectivity index (χ2v) is 4.63. The lowest BCUT2D eigenvalue weighted by Crippen LogP contribution is -2.25. The van der Waals surface area contributed by atoms with Gasteiger partial charge in [0.05, 0.1) is 12.0 Å². The third-order valence-corrected chi connectivity index (χ3v) is 3.39. The minimum Gasteiger partial charge on any atom is -0.490 e. The number of hydrogen-bond acceptors (Lipinski definition) is 4. The number of hydrogen-bond donors (Lipinski definition) is 1. The Labute approximate surface area is 106 Å². The van der Waals surface area contributed by atoms with Crippen molar-refractivity contribution in [2.75, 3.05) is 7.11 Å². The van der Waals surface area contributed by atoms with E-state index in [1.165, 1.54) is 32.8 Å². The Bertz CT molecular complexity index is 428. The molecule has 0 radical (unpaired) electrons. The first kappa shape index (κ1) is 12.8. The summed E-state index contributed by atoms with van der Waals surface area (Å²) < 4.78 is 4.98. The van der Waals surface area contributed by atoms with Crippen molar-refractivity contribution in [3.63, 3.8) is 0 Å². The molecule has 0 aromatic heterocycles. The molecule has 18 heavy (non-hydrogen) atoms. The van der Waals surface area contributed by atoms with Crippen LogP contribution < -0.4 is 10.1 Å². The molecule has 0 aliphatic heterocycles. The third-order valence-electron chi connectivity index (χ3n) is 3.39. The van der Waals surface area contributed by atoms with E-state index in [0.29, 0.717) is 18.3 Å². The molecule has 0 spiro atoms. The molecule has 0 saturated heterocycles. The molecule has 1 aromatic rings. The molecule has 2 rings (SSSR count). The molecule has 5 nitrogen and oxygen atoms in total. The summed E-state index contributed by atoms with van der Waals surface area (Å²) in [5.74, 6) is 0.310. The fraction of sp³-hybridized carbons (Fsp3) is 0.538. The van der Waals surface area contributed by atoms with Gasteiger partial charge in [-0.3, -0.25) is 10.1 Å². The summed E-state index contributed by atoms with van der Waals surface area (Å²) in [4.78, 5) is 10.5. The standard InChI is InChI=1S/C13H18N2O3/c1-18-13-7-6-10(8-12(13)15(16)17)9-14-11-4-2-3-5-11/h6-8,11,14H,2-5,9H2,1H3. The van der Waals surface area contributed by atoms with Gasteiger partial charge in [-0.2, -0.15) is 0 Å². The lowest BCUT2D eigenvalue weighted by atomic mass is 10.1. The Kier molecular flexibility index (Phi) is 4.15. The highest BCUT2D eigenvalue weighted by Gasteiger charge is 2.17. The predicted molar refractivity (Wildman–Crippen MR) is 68.7 cm³/mol. The molecule has 1 saturated carbocycles. The van der Waals surface area contributed by atoms with Crippen molar-refractivity contribution in [2.45, 2.75) is 38.3 Å². The quantitative estimate of drug-likeness (QED) is 0.644. The lowest BCUT2D eigenvalue weighted by Gasteiger charge is -2.12. The van der Waals surface area contributed by atoms with Crippen LogP contribution in [-0.2, 0) is 6.54 Å². The molecule has 1 aromatic carbocycles. The van der Waals surface area contributed by atoms with E-state index in [-0.39, 0.29) is 5.69 Å². The smallest absolute Gasteiger partial charge is 0.311 e. The van der Waals surface area contributed by atoms with Gasteiger partial charge < -0.3 is 10.1 Å². The molecule has 0 atom stereocenters. The molecule has 98 valence electrons. The van der Waals surface area contributed by atoms with E-state index in [2.05, 4.69) is 5.32 Å². The normalized spacial score (nSPS) is 15.8. The van der Waals surface area contributed by atoms with Crippen LogP contribution in [-0.4, -0.2) is 18.1 Å². The summed E-state index contributed by atoms with van der Waals surface area (Å²) in [5, 5.41) is 14.3. The summed E-state index contributed by atoms with van der Waals surface area (Å²) in [6, 6.07) is 5.67. The van der Waals surface area contributed by atoms with Crippen LogP contribution in [0.5, 0.6) is 5.75 Å². The van der Waals surface area contributed by atoms with Crippen molar-refractivity contribution in [1.82, 2.24) is 5.32 Å². The first-order chi connectivity index (χ1) is 8.70. The Morgan fingerprint density at radius 2 is 2.17 bits per heavy atom. The molecule has 0 bridgehead atoms. The first-order valence-electron chi connectivity index (χ1n) is 6.25. The Hall–Kier alpha value is -1.62. The highest BCUT2D eigenvalue weighted by Crippen LogP contribution is 2.27. The Morgan fingerprint density at radius 3 is 2.78 bits per heavy atom. The van der Waals surface area contributed by atoms with E-state index in [0.717, 1.165) is 5.56 Å². The van der Waals surface area contributed by atoms with Gasteiger partial charge in [-0.05, 0) is 24.5 Å². The molecular weight excluding hydrogens is 232 g/mol. The predicted octanol–water partition coefficient (Wildman–Crippen LogP) is 2.64. The number of ether oxygens (including phenoxy) is 1. The highest BCUT2D eigenvalue weighted by molar-refractivity contribution is 5.48. The van der Waals surface area contributed by atoms with Gasteiger partial charge in [-0.1, -0.05) is 18.9 Å². The van der Waals surface area contributed by atoms with Gasteiger partial charge in [0.25, 0.3) is 0 Å². The highest BCUT2D eigenvalue weighted by atomic mass is 16.6. The molecule has 0 unspecified atom stereocenters. The van der Waals surface area contributed by atoms with E-state index in [1.807, 2.05) is 6.07 Å². The lowest BCUT2D eigenvalue weighted by molar-refractivity contribution is -0.385. The number of nitrogens with one attached hydrogen (secondary N) is 1. The van der Waals surface area contributed by atoms with Crippen LogP contribution >= 0.6 is 0 Å². The monoisotopic (exact) mass is 250 g/mol. The summed E-state index contributed by atoms with van der Waals surface area (Å²) in [6.07, 6.45) is 4.97. The molecule has 1 aliphatic carbocycles. The fourth-order valence-electron chi connectivity index (χ4n) is 2.38. The van der Waals surface area contributed by atoms with E-state index in [1.54, 1.807) is 12.1 Å². The molecule has 1 aliphatic rings. The maximum atomic E-state index is 10.9. The van der Waals surface area contributed by atoms with Gasteiger partial charge in [0, 0.05) is 18.7 Å². The van der Waals surface area contributed by atoms with Crippen LogP contribution in [0.15, 0.2) is 18.2 Å². The fourth-order valence-corrected chi connectivity index (χ4v) is 2.38. The van der Waals surface area contributed by atoms with Crippen LogP contribution in [0.3, 0.4) is 0 Å². The second-order valence-electron chi connectivity index (χ2n) is 4.63. The maximum Gasteiger partial charge on any atom is 0.311 e. The Morgan fingerprint density at radius 1 is 1.44 bits per heavy atom. The minimum absolute atomic E-state index is 0.0308. The van der Waals surface area contributed by atoms with Gasteiger partial charge >= 0.3 is 5.69 Å². The molecule has 1 fully saturated rings. The van der Waals surface area contributed by atoms with Crippen molar-refractivity contribution in [2.24, 2.45) is 0 Å². The average Bonchev–Trinajstić information content (AvgIpc) is 2.89. The van der Waals surface area contributed by atoms with Crippen LogP contribution in [0.4, 0.5) is 5.69 Å².